The molecule has 5 heteroatoms. The van der Waals surface area contributed by atoms with E-state index in [1.807, 2.05) is 20.8 Å². The van der Waals surface area contributed by atoms with E-state index in [1.165, 1.54) is 0 Å². The molecule has 0 aromatic heterocycles. The van der Waals surface area contributed by atoms with E-state index < -0.39 is 11.7 Å². The van der Waals surface area contributed by atoms with Gasteiger partial charge in [0.2, 0.25) is 0 Å². The van der Waals surface area contributed by atoms with Crippen LogP contribution in [-0.4, -0.2) is 47.4 Å². The molecule has 0 radical (unpaired) electrons. The van der Waals surface area contributed by atoms with Crippen molar-refractivity contribution < 1.29 is 14.6 Å². The Kier molecular flexibility index (Phi) is 4.77. The van der Waals surface area contributed by atoms with Crippen LogP contribution in [0.3, 0.4) is 0 Å². The molecule has 5 nitrogen and oxygen atoms in total. The second kappa shape index (κ2) is 5.69. The van der Waals surface area contributed by atoms with Crippen LogP contribution in [0.5, 0.6) is 0 Å². The summed E-state index contributed by atoms with van der Waals surface area (Å²) in [5, 5.41) is 9.71. The van der Waals surface area contributed by atoms with E-state index in [2.05, 4.69) is 0 Å². The predicted molar refractivity (Wildman–Crippen MR) is 65.6 cm³/mol. The number of carbonyl (C=O) groups excluding carboxylic acids is 1. The molecule has 17 heavy (non-hydrogen) atoms. The van der Waals surface area contributed by atoms with E-state index >= 15 is 0 Å². The lowest BCUT2D eigenvalue weighted by Crippen LogP contribution is -2.46. The molecule has 1 rings (SSSR count). The molecule has 1 aliphatic heterocycles. The molecule has 100 valence electrons. The summed E-state index contributed by atoms with van der Waals surface area (Å²) in [5.41, 5.74) is 4.97. The van der Waals surface area contributed by atoms with Gasteiger partial charge in [-0.05, 0) is 33.6 Å². The molecule has 0 unspecified atom stereocenters. The first kappa shape index (κ1) is 14.3. The van der Waals surface area contributed by atoms with Crippen molar-refractivity contribution in [1.29, 1.82) is 0 Å². The molecular weight excluding hydrogens is 220 g/mol. The largest absolute Gasteiger partial charge is 0.444 e. The van der Waals surface area contributed by atoms with Crippen molar-refractivity contribution in [2.45, 2.75) is 45.3 Å². The van der Waals surface area contributed by atoms with Gasteiger partial charge in [-0.25, -0.2) is 4.79 Å². The number of amides is 1. The number of nitrogens with zero attached hydrogens (tertiary/aromatic N) is 1. The van der Waals surface area contributed by atoms with Crippen LogP contribution in [-0.2, 0) is 4.74 Å². The van der Waals surface area contributed by atoms with Crippen LogP contribution < -0.4 is 5.73 Å². The molecule has 1 fully saturated rings. The maximum atomic E-state index is 11.9. The number of piperidine rings is 1. The first-order chi connectivity index (χ1) is 7.83. The number of aliphatic hydroxyl groups is 1. The average Bonchev–Trinajstić information content (AvgIpc) is 2.26. The third kappa shape index (κ3) is 4.52. The normalized spacial score (nSPS) is 23.4. The number of carbonyl (C=O) groups is 1. The molecule has 1 saturated heterocycles. The van der Waals surface area contributed by atoms with E-state index in [0.717, 1.165) is 12.8 Å². The Morgan fingerprint density at radius 2 is 2.24 bits per heavy atom. The van der Waals surface area contributed by atoms with E-state index in [-0.39, 0.29) is 18.6 Å². The van der Waals surface area contributed by atoms with Gasteiger partial charge in [0.1, 0.15) is 5.60 Å². The van der Waals surface area contributed by atoms with E-state index in [4.69, 9.17) is 10.5 Å². The third-order valence-corrected chi connectivity index (χ3v) is 2.90. The highest BCUT2D eigenvalue weighted by molar-refractivity contribution is 5.68. The molecule has 2 atom stereocenters. The monoisotopic (exact) mass is 244 g/mol. The molecule has 0 saturated carbocycles. The number of aliphatic hydroxyl groups excluding tert-OH is 1. The zero-order valence-electron chi connectivity index (χ0n) is 11.0. The molecule has 0 aromatic carbocycles. The van der Waals surface area contributed by atoms with Crippen molar-refractivity contribution in [1.82, 2.24) is 4.90 Å². The summed E-state index contributed by atoms with van der Waals surface area (Å²) in [5.74, 6) is 0.0706. The smallest absolute Gasteiger partial charge is 0.410 e. The fourth-order valence-electron chi connectivity index (χ4n) is 2.01. The maximum absolute atomic E-state index is 11.9. The van der Waals surface area contributed by atoms with Crippen molar-refractivity contribution in [3.8, 4) is 0 Å². The van der Waals surface area contributed by atoms with Gasteiger partial charge in [-0.3, -0.25) is 0 Å². The zero-order chi connectivity index (χ0) is 13.1. The van der Waals surface area contributed by atoms with Crippen molar-refractivity contribution in [3.63, 3.8) is 0 Å². The Balaban J connectivity index is 2.52. The fraction of sp³-hybridized carbons (Fsp3) is 0.917. The zero-order valence-corrected chi connectivity index (χ0v) is 11.0. The maximum Gasteiger partial charge on any atom is 0.410 e. The Bertz CT molecular complexity index is 263. The minimum absolute atomic E-state index is 0.0706. The van der Waals surface area contributed by atoms with Gasteiger partial charge in [0.25, 0.3) is 0 Å². The molecule has 0 bridgehead atoms. The highest BCUT2D eigenvalue weighted by Crippen LogP contribution is 2.21. The molecule has 1 amide bonds. The number of rotatable bonds is 2. The summed E-state index contributed by atoms with van der Waals surface area (Å²) in [6.45, 7) is 7.02. The van der Waals surface area contributed by atoms with Gasteiger partial charge < -0.3 is 20.5 Å². The highest BCUT2D eigenvalue weighted by atomic mass is 16.6. The van der Waals surface area contributed by atoms with Crippen LogP contribution in [0.15, 0.2) is 0 Å². The van der Waals surface area contributed by atoms with Crippen LogP contribution >= 0.6 is 0 Å². The Morgan fingerprint density at radius 1 is 1.59 bits per heavy atom. The van der Waals surface area contributed by atoms with Gasteiger partial charge >= 0.3 is 6.09 Å². The van der Waals surface area contributed by atoms with Crippen molar-refractivity contribution >= 4 is 6.09 Å². The molecule has 1 aliphatic rings. The summed E-state index contributed by atoms with van der Waals surface area (Å²) < 4.78 is 5.31. The van der Waals surface area contributed by atoms with Gasteiger partial charge in [-0.15, -0.1) is 0 Å². The number of likely N-dealkylation sites (tertiary alicyclic amines) is 1. The van der Waals surface area contributed by atoms with E-state index in [1.54, 1.807) is 4.90 Å². The molecule has 0 spiro atoms. The van der Waals surface area contributed by atoms with Crippen LogP contribution in [0.4, 0.5) is 4.79 Å². The second-order valence-corrected chi connectivity index (χ2v) is 5.63. The number of nitrogens with two attached hydrogens (primary N) is 1. The Labute approximate surface area is 103 Å². The lowest BCUT2D eigenvalue weighted by atomic mass is 9.93. The topological polar surface area (TPSA) is 75.8 Å². The lowest BCUT2D eigenvalue weighted by Gasteiger charge is -2.35. The minimum Gasteiger partial charge on any atom is -0.444 e. The summed E-state index contributed by atoms with van der Waals surface area (Å²) in [7, 11) is 0. The number of hydrogen-bond donors (Lipinski definition) is 2. The van der Waals surface area contributed by atoms with Crippen LogP contribution in [0.2, 0.25) is 0 Å². The third-order valence-electron chi connectivity index (χ3n) is 2.90. The summed E-state index contributed by atoms with van der Waals surface area (Å²) >= 11 is 0. The number of ether oxygens (including phenoxy) is 1. The molecular formula is C12H24N2O3. The lowest BCUT2D eigenvalue weighted by molar-refractivity contribution is 0.00414. The first-order valence-electron chi connectivity index (χ1n) is 6.19. The summed E-state index contributed by atoms with van der Waals surface area (Å²) in [6.07, 6.45) is 0.977. The average molecular weight is 244 g/mol. The van der Waals surface area contributed by atoms with E-state index in [9.17, 15) is 9.90 Å². The Hall–Kier alpha value is -0.810. The predicted octanol–water partition coefficient (Wildman–Crippen LogP) is 0.953. The second-order valence-electron chi connectivity index (χ2n) is 5.63. The standard InChI is InChI=1S/C12H24N2O3/c1-12(2,3)17-11(16)14-6-4-5-9(8-14)10(15)7-13/h9-10,15H,4-8,13H2,1-3H3/t9-,10+/m1/s1. The molecule has 0 aliphatic carbocycles. The summed E-state index contributed by atoms with van der Waals surface area (Å²) in [6, 6.07) is 0. The van der Waals surface area contributed by atoms with Gasteiger partial charge in [-0.1, -0.05) is 0 Å². The minimum atomic E-state index is -0.528. The SMILES string of the molecule is CC(C)(C)OC(=O)N1CCC[C@@H]([C@@H](O)CN)C1. The first-order valence-corrected chi connectivity index (χ1v) is 6.19. The summed E-state index contributed by atoms with van der Waals surface area (Å²) in [4.78, 5) is 13.5. The van der Waals surface area contributed by atoms with Crippen LogP contribution in [0.1, 0.15) is 33.6 Å². The Morgan fingerprint density at radius 3 is 2.76 bits per heavy atom. The molecule has 3 N–H and O–H groups in total. The molecule has 1 heterocycles. The quantitative estimate of drug-likeness (QED) is 0.758. The number of hydrogen-bond acceptors (Lipinski definition) is 4. The van der Waals surface area contributed by atoms with Crippen LogP contribution in [0, 0.1) is 5.92 Å². The van der Waals surface area contributed by atoms with Crippen molar-refractivity contribution in [2.24, 2.45) is 11.7 Å². The van der Waals surface area contributed by atoms with Crippen molar-refractivity contribution in [3.05, 3.63) is 0 Å². The van der Waals surface area contributed by atoms with Gasteiger partial charge in [-0.2, -0.15) is 0 Å². The van der Waals surface area contributed by atoms with Crippen molar-refractivity contribution in [2.75, 3.05) is 19.6 Å². The van der Waals surface area contributed by atoms with Gasteiger partial charge in [0, 0.05) is 25.6 Å². The highest BCUT2D eigenvalue weighted by Gasteiger charge is 2.30. The fourth-order valence-corrected chi connectivity index (χ4v) is 2.01. The van der Waals surface area contributed by atoms with Gasteiger partial charge in [0.05, 0.1) is 6.10 Å². The van der Waals surface area contributed by atoms with Crippen LogP contribution in [0.25, 0.3) is 0 Å². The van der Waals surface area contributed by atoms with E-state index in [0.29, 0.717) is 13.1 Å². The molecule has 0 aromatic rings. The van der Waals surface area contributed by atoms with Gasteiger partial charge in [0.15, 0.2) is 0 Å².